The molecule has 4 nitrogen and oxygen atoms in total. The first kappa shape index (κ1) is 18.8. The van der Waals surface area contributed by atoms with Gasteiger partial charge < -0.3 is 14.2 Å². The Kier molecular flexibility index (Phi) is 7.10. The zero-order valence-corrected chi connectivity index (χ0v) is 15.2. The summed E-state index contributed by atoms with van der Waals surface area (Å²) < 4.78 is 17.4. The molecule has 1 aromatic rings. The van der Waals surface area contributed by atoms with E-state index in [0.717, 1.165) is 55.4 Å². The van der Waals surface area contributed by atoms with Crippen molar-refractivity contribution in [3.63, 3.8) is 0 Å². The summed E-state index contributed by atoms with van der Waals surface area (Å²) in [5, 5.41) is 0. The number of carbonyl (C=O) groups excluding carboxylic acids is 1. The van der Waals surface area contributed by atoms with Crippen molar-refractivity contribution in [3.8, 4) is 5.75 Å². The number of rotatable bonds is 9. The Bertz CT molecular complexity index is 540. The molecule has 4 heteroatoms. The Labute approximate surface area is 145 Å². The van der Waals surface area contributed by atoms with Crippen LogP contribution in [-0.2, 0) is 27.1 Å². The van der Waals surface area contributed by atoms with Gasteiger partial charge in [-0.2, -0.15) is 0 Å². The lowest BCUT2D eigenvalue weighted by Crippen LogP contribution is -2.51. The van der Waals surface area contributed by atoms with Gasteiger partial charge in [0.15, 0.2) is 0 Å². The normalized spacial score (nSPS) is 19.5. The number of hydrogen-bond donors (Lipinski definition) is 0. The molecular formula is C20H30O4. The Hall–Kier alpha value is -1.55. The lowest BCUT2D eigenvalue weighted by atomic mass is 9.95. The zero-order valence-electron chi connectivity index (χ0n) is 15.2. The molecule has 0 aliphatic carbocycles. The predicted octanol–water partition coefficient (Wildman–Crippen LogP) is 4.43. The van der Waals surface area contributed by atoms with Gasteiger partial charge in [0.25, 0.3) is 0 Å². The van der Waals surface area contributed by atoms with E-state index in [-0.39, 0.29) is 0 Å². The molecule has 0 saturated heterocycles. The van der Waals surface area contributed by atoms with E-state index in [2.05, 4.69) is 32.0 Å². The van der Waals surface area contributed by atoms with E-state index in [0.29, 0.717) is 19.6 Å². The number of aryl methyl sites for hydroxylation is 2. The van der Waals surface area contributed by atoms with Crippen molar-refractivity contribution in [2.24, 2.45) is 0 Å². The number of esters is 1. The molecule has 134 valence electrons. The number of hydrogen-bond acceptors (Lipinski definition) is 4. The van der Waals surface area contributed by atoms with Crippen LogP contribution in [0, 0.1) is 0 Å². The maximum atomic E-state index is 12.6. The third kappa shape index (κ3) is 4.29. The first-order valence-corrected chi connectivity index (χ1v) is 9.27. The van der Waals surface area contributed by atoms with Crippen LogP contribution < -0.4 is 4.74 Å². The Balaban J connectivity index is 2.24. The average Bonchev–Trinajstić information content (AvgIpc) is 2.59. The van der Waals surface area contributed by atoms with Gasteiger partial charge in [-0.3, -0.25) is 0 Å². The number of fused-ring (bicyclic) bond motifs is 1. The highest BCUT2D eigenvalue weighted by molar-refractivity contribution is 5.79. The van der Waals surface area contributed by atoms with Crippen molar-refractivity contribution in [3.05, 3.63) is 29.3 Å². The SMILES string of the molecule is CCCCCOC1(C(=O)OCC)CCc2cccc(CCC)c2O1. The molecule has 0 fully saturated rings. The summed E-state index contributed by atoms with van der Waals surface area (Å²) in [7, 11) is 0. The smallest absolute Gasteiger partial charge is 0.379 e. The third-order valence-electron chi connectivity index (χ3n) is 4.36. The molecule has 0 amide bonds. The molecule has 0 bridgehead atoms. The number of carbonyl (C=O) groups is 1. The fraction of sp³-hybridized carbons (Fsp3) is 0.650. The first-order chi connectivity index (χ1) is 11.7. The van der Waals surface area contributed by atoms with Gasteiger partial charge in [0.2, 0.25) is 0 Å². The molecule has 24 heavy (non-hydrogen) atoms. The topological polar surface area (TPSA) is 44.8 Å². The maximum Gasteiger partial charge on any atom is 0.379 e. The number of para-hydroxylation sites is 1. The molecule has 0 spiro atoms. The van der Waals surface area contributed by atoms with E-state index in [4.69, 9.17) is 14.2 Å². The summed E-state index contributed by atoms with van der Waals surface area (Å²) in [6.45, 7) is 6.93. The van der Waals surface area contributed by atoms with E-state index in [1.807, 2.05) is 6.92 Å². The lowest BCUT2D eigenvalue weighted by Gasteiger charge is -2.37. The van der Waals surface area contributed by atoms with Crippen LogP contribution >= 0.6 is 0 Å². The fourth-order valence-electron chi connectivity index (χ4n) is 3.08. The summed E-state index contributed by atoms with van der Waals surface area (Å²) in [6.07, 6.45) is 6.34. The van der Waals surface area contributed by atoms with Gasteiger partial charge in [0.1, 0.15) is 5.75 Å². The van der Waals surface area contributed by atoms with E-state index in [9.17, 15) is 4.79 Å². The average molecular weight is 334 g/mol. The summed E-state index contributed by atoms with van der Waals surface area (Å²) >= 11 is 0. The van der Waals surface area contributed by atoms with Crippen LogP contribution in [0.25, 0.3) is 0 Å². The van der Waals surface area contributed by atoms with Gasteiger partial charge in [-0.25, -0.2) is 4.79 Å². The standard InChI is InChI=1S/C20H30O4/c1-4-7-8-15-23-20(19(21)22-6-3)14-13-17-12-9-11-16(10-5-2)18(17)24-20/h9,11-12H,4-8,10,13-15H2,1-3H3. The van der Waals surface area contributed by atoms with Crippen LogP contribution in [0.2, 0.25) is 0 Å². The molecular weight excluding hydrogens is 304 g/mol. The van der Waals surface area contributed by atoms with Crippen molar-refractivity contribution in [2.45, 2.75) is 71.5 Å². The van der Waals surface area contributed by atoms with Gasteiger partial charge in [0, 0.05) is 6.42 Å². The highest BCUT2D eigenvalue weighted by Crippen LogP contribution is 2.38. The van der Waals surface area contributed by atoms with Gasteiger partial charge in [0.05, 0.1) is 13.2 Å². The Morgan fingerprint density at radius 2 is 2.04 bits per heavy atom. The third-order valence-corrected chi connectivity index (χ3v) is 4.36. The van der Waals surface area contributed by atoms with E-state index >= 15 is 0 Å². The van der Waals surface area contributed by atoms with Crippen LogP contribution in [0.3, 0.4) is 0 Å². The minimum absolute atomic E-state index is 0.325. The van der Waals surface area contributed by atoms with Crippen molar-refractivity contribution >= 4 is 5.97 Å². The zero-order chi connectivity index (χ0) is 17.4. The summed E-state index contributed by atoms with van der Waals surface area (Å²) in [4.78, 5) is 12.6. The monoisotopic (exact) mass is 334 g/mol. The minimum Gasteiger partial charge on any atom is -0.461 e. The quantitative estimate of drug-likeness (QED) is 0.495. The van der Waals surface area contributed by atoms with Crippen molar-refractivity contribution in [1.82, 2.24) is 0 Å². The molecule has 1 aliphatic rings. The second kappa shape index (κ2) is 9.07. The van der Waals surface area contributed by atoms with Gasteiger partial charge in [-0.05, 0) is 37.3 Å². The highest BCUT2D eigenvalue weighted by Gasteiger charge is 2.47. The molecule has 0 radical (unpaired) electrons. The lowest BCUT2D eigenvalue weighted by molar-refractivity contribution is -0.223. The highest BCUT2D eigenvalue weighted by atomic mass is 16.7. The van der Waals surface area contributed by atoms with Crippen LogP contribution in [0.5, 0.6) is 5.75 Å². The van der Waals surface area contributed by atoms with Gasteiger partial charge in [-0.1, -0.05) is 51.3 Å². The van der Waals surface area contributed by atoms with E-state index in [1.165, 1.54) is 0 Å². The molecule has 1 aromatic carbocycles. The molecule has 0 saturated carbocycles. The largest absolute Gasteiger partial charge is 0.461 e. The molecule has 0 N–H and O–H groups in total. The number of ether oxygens (including phenoxy) is 3. The van der Waals surface area contributed by atoms with Crippen LogP contribution in [0.1, 0.15) is 64.0 Å². The first-order valence-electron chi connectivity index (χ1n) is 9.27. The van der Waals surface area contributed by atoms with Crippen LogP contribution in [0.15, 0.2) is 18.2 Å². The predicted molar refractivity (Wildman–Crippen MR) is 94.2 cm³/mol. The second-order valence-corrected chi connectivity index (χ2v) is 6.29. The van der Waals surface area contributed by atoms with Crippen molar-refractivity contribution in [2.75, 3.05) is 13.2 Å². The number of unbranched alkanes of at least 4 members (excludes halogenated alkanes) is 2. The molecule has 2 rings (SSSR count). The van der Waals surface area contributed by atoms with Crippen molar-refractivity contribution < 1.29 is 19.0 Å². The molecule has 1 atom stereocenters. The van der Waals surface area contributed by atoms with Gasteiger partial charge >= 0.3 is 11.8 Å². The van der Waals surface area contributed by atoms with Crippen LogP contribution in [0.4, 0.5) is 0 Å². The molecule has 1 heterocycles. The van der Waals surface area contributed by atoms with E-state index in [1.54, 1.807) is 0 Å². The van der Waals surface area contributed by atoms with Crippen LogP contribution in [-0.4, -0.2) is 25.0 Å². The number of benzene rings is 1. The fourth-order valence-corrected chi connectivity index (χ4v) is 3.08. The summed E-state index contributed by atoms with van der Waals surface area (Å²) in [5.41, 5.74) is 2.29. The molecule has 1 unspecified atom stereocenters. The molecule has 0 aromatic heterocycles. The Morgan fingerprint density at radius 1 is 1.21 bits per heavy atom. The summed E-state index contributed by atoms with van der Waals surface area (Å²) in [6, 6.07) is 6.20. The summed E-state index contributed by atoms with van der Waals surface area (Å²) in [5.74, 6) is -0.881. The molecule has 1 aliphatic heterocycles. The van der Waals surface area contributed by atoms with Gasteiger partial charge in [-0.15, -0.1) is 0 Å². The minimum atomic E-state index is -1.29. The second-order valence-electron chi connectivity index (χ2n) is 6.29. The van der Waals surface area contributed by atoms with Crippen molar-refractivity contribution in [1.29, 1.82) is 0 Å². The maximum absolute atomic E-state index is 12.6. The Morgan fingerprint density at radius 3 is 2.75 bits per heavy atom. The van der Waals surface area contributed by atoms with E-state index < -0.39 is 11.8 Å².